The Morgan fingerprint density at radius 1 is 0.909 bits per heavy atom. The number of benzene rings is 2. The third-order valence-electron chi connectivity index (χ3n) is 3.43. The molecule has 2 nitrogen and oxygen atoms in total. The van der Waals surface area contributed by atoms with E-state index in [1.165, 1.54) is 5.56 Å². The second-order valence-electron chi connectivity index (χ2n) is 5.19. The maximum absolute atomic E-state index is 5.93. The molecule has 0 fully saturated rings. The summed E-state index contributed by atoms with van der Waals surface area (Å²) < 4.78 is 5.93. The fourth-order valence-electron chi connectivity index (χ4n) is 2.21. The van der Waals surface area contributed by atoms with Crippen LogP contribution in [0.25, 0.3) is 12.2 Å². The second kappa shape index (κ2) is 9.80. The minimum atomic E-state index is 0.765. The van der Waals surface area contributed by atoms with Gasteiger partial charge in [-0.05, 0) is 37.6 Å². The van der Waals surface area contributed by atoms with Crippen LogP contribution in [0.5, 0.6) is 5.75 Å². The highest BCUT2D eigenvalue weighted by Crippen LogP contribution is 2.21. The van der Waals surface area contributed by atoms with Gasteiger partial charge in [-0.25, -0.2) is 0 Å². The minimum Gasteiger partial charge on any atom is -0.493 e. The van der Waals surface area contributed by atoms with Crippen molar-refractivity contribution in [3.05, 3.63) is 65.7 Å². The summed E-state index contributed by atoms with van der Waals surface area (Å²) in [6.07, 6.45) is 6.45. The van der Waals surface area contributed by atoms with Crippen molar-refractivity contribution in [2.24, 2.45) is 0 Å². The molecule has 2 aromatic rings. The van der Waals surface area contributed by atoms with Crippen molar-refractivity contribution in [2.45, 2.75) is 19.8 Å². The molecule has 0 aliphatic heterocycles. The van der Waals surface area contributed by atoms with Crippen LogP contribution in [0, 0.1) is 0 Å². The zero-order valence-electron chi connectivity index (χ0n) is 13.3. The molecular weight excluding hydrogens is 270 g/mol. The summed E-state index contributed by atoms with van der Waals surface area (Å²) >= 11 is 0. The molecule has 116 valence electrons. The van der Waals surface area contributed by atoms with E-state index < -0.39 is 0 Å². The van der Waals surface area contributed by atoms with Crippen LogP contribution in [0.3, 0.4) is 0 Å². The Morgan fingerprint density at radius 2 is 1.68 bits per heavy atom. The Labute approximate surface area is 133 Å². The quantitative estimate of drug-likeness (QED) is 0.538. The molecule has 0 bridgehead atoms. The summed E-state index contributed by atoms with van der Waals surface area (Å²) in [7, 11) is 0. The molecule has 0 heterocycles. The smallest absolute Gasteiger partial charge is 0.126 e. The highest BCUT2D eigenvalue weighted by atomic mass is 16.5. The fraction of sp³-hybridized carbons (Fsp3) is 0.300. The predicted molar refractivity (Wildman–Crippen MR) is 95.1 cm³/mol. The van der Waals surface area contributed by atoms with Gasteiger partial charge in [0.05, 0.1) is 6.61 Å². The van der Waals surface area contributed by atoms with Crippen molar-refractivity contribution in [3.63, 3.8) is 0 Å². The summed E-state index contributed by atoms with van der Waals surface area (Å²) in [5, 5.41) is 3.33. The topological polar surface area (TPSA) is 21.3 Å². The SMILES string of the molecule is CCNCCCCOc1ccccc1/C=C/c1ccccc1. The molecule has 0 saturated carbocycles. The van der Waals surface area contributed by atoms with Gasteiger partial charge in [0.1, 0.15) is 5.75 Å². The van der Waals surface area contributed by atoms with Crippen LogP contribution in [0.2, 0.25) is 0 Å². The van der Waals surface area contributed by atoms with Gasteiger partial charge in [0.2, 0.25) is 0 Å². The van der Waals surface area contributed by atoms with E-state index in [9.17, 15) is 0 Å². The Morgan fingerprint density at radius 3 is 2.50 bits per heavy atom. The molecule has 2 rings (SSSR count). The molecule has 0 spiro atoms. The molecule has 0 aliphatic carbocycles. The van der Waals surface area contributed by atoms with Crippen molar-refractivity contribution in [1.82, 2.24) is 5.32 Å². The van der Waals surface area contributed by atoms with Crippen molar-refractivity contribution >= 4 is 12.2 Å². The molecule has 0 radical (unpaired) electrons. The first-order valence-corrected chi connectivity index (χ1v) is 8.06. The van der Waals surface area contributed by atoms with Crippen LogP contribution >= 0.6 is 0 Å². The highest BCUT2D eigenvalue weighted by Gasteiger charge is 1.99. The zero-order valence-corrected chi connectivity index (χ0v) is 13.3. The molecule has 0 aromatic heterocycles. The van der Waals surface area contributed by atoms with Gasteiger partial charge in [-0.15, -0.1) is 0 Å². The van der Waals surface area contributed by atoms with E-state index in [2.05, 4.69) is 42.6 Å². The Hall–Kier alpha value is -2.06. The first kappa shape index (κ1) is 16.3. The van der Waals surface area contributed by atoms with E-state index in [1.54, 1.807) is 0 Å². The van der Waals surface area contributed by atoms with Crippen molar-refractivity contribution in [2.75, 3.05) is 19.7 Å². The van der Waals surface area contributed by atoms with Crippen LogP contribution in [0.4, 0.5) is 0 Å². The molecule has 0 aliphatic rings. The van der Waals surface area contributed by atoms with E-state index in [1.807, 2.05) is 36.4 Å². The molecule has 2 heteroatoms. The van der Waals surface area contributed by atoms with Crippen molar-refractivity contribution in [1.29, 1.82) is 0 Å². The third-order valence-corrected chi connectivity index (χ3v) is 3.43. The number of unbranched alkanes of at least 4 members (excludes halogenated alkanes) is 1. The lowest BCUT2D eigenvalue weighted by molar-refractivity contribution is 0.305. The molecule has 0 amide bonds. The van der Waals surface area contributed by atoms with Gasteiger partial charge >= 0.3 is 0 Å². The lowest BCUT2D eigenvalue weighted by atomic mass is 10.1. The maximum Gasteiger partial charge on any atom is 0.126 e. The van der Waals surface area contributed by atoms with E-state index in [0.717, 1.165) is 43.9 Å². The molecular formula is C20H25NO. The number of rotatable bonds is 9. The predicted octanol–water partition coefficient (Wildman–Crippen LogP) is 4.63. The summed E-state index contributed by atoms with van der Waals surface area (Å²) in [5.41, 5.74) is 2.32. The van der Waals surface area contributed by atoms with Gasteiger partial charge in [0.15, 0.2) is 0 Å². The van der Waals surface area contributed by atoms with Crippen molar-refractivity contribution in [3.8, 4) is 5.75 Å². The standard InChI is InChI=1S/C20H25NO/c1-2-21-16-8-9-17-22-20-13-7-6-12-19(20)15-14-18-10-4-3-5-11-18/h3-7,10-15,21H,2,8-9,16-17H2,1H3/b15-14+. The molecule has 1 N–H and O–H groups in total. The van der Waals surface area contributed by atoms with Crippen LogP contribution in [0.15, 0.2) is 54.6 Å². The summed E-state index contributed by atoms with van der Waals surface area (Å²) in [6, 6.07) is 18.5. The average molecular weight is 295 g/mol. The maximum atomic E-state index is 5.93. The van der Waals surface area contributed by atoms with Crippen LogP contribution in [-0.2, 0) is 0 Å². The minimum absolute atomic E-state index is 0.765. The molecule has 0 unspecified atom stereocenters. The van der Waals surface area contributed by atoms with E-state index >= 15 is 0 Å². The van der Waals surface area contributed by atoms with E-state index in [-0.39, 0.29) is 0 Å². The summed E-state index contributed by atoms with van der Waals surface area (Å²) in [5.74, 6) is 0.957. The first-order valence-electron chi connectivity index (χ1n) is 8.06. The van der Waals surface area contributed by atoms with Gasteiger partial charge in [-0.3, -0.25) is 0 Å². The molecule has 0 saturated heterocycles. The largest absolute Gasteiger partial charge is 0.493 e. The Balaban J connectivity index is 1.88. The molecule has 2 aromatic carbocycles. The van der Waals surface area contributed by atoms with Crippen molar-refractivity contribution < 1.29 is 4.74 Å². The first-order chi connectivity index (χ1) is 10.9. The van der Waals surface area contributed by atoms with Gasteiger partial charge in [0, 0.05) is 5.56 Å². The lowest BCUT2D eigenvalue weighted by Gasteiger charge is -2.09. The number of hydrogen-bond donors (Lipinski definition) is 1. The van der Waals surface area contributed by atoms with Gasteiger partial charge in [-0.1, -0.05) is 67.6 Å². The van der Waals surface area contributed by atoms with Crippen LogP contribution in [-0.4, -0.2) is 19.7 Å². The molecule has 22 heavy (non-hydrogen) atoms. The normalized spacial score (nSPS) is 11.0. The van der Waals surface area contributed by atoms with Crippen LogP contribution in [0.1, 0.15) is 30.9 Å². The zero-order chi connectivity index (χ0) is 15.5. The number of ether oxygens (including phenoxy) is 1. The number of nitrogens with one attached hydrogen (secondary N) is 1. The second-order valence-corrected chi connectivity index (χ2v) is 5.19. The molecule has 0 atom stereocenters. The average Bonchev–Trinajstić information content (AvgIpc) is 2.58. The fourth-order valence-corrected chi connectivity index (χ4v) is 2.21. The van der Waals surface area contributed by atoms with Gasteiger partial charge < -0.3 is 10.1 Å². The van der Waals surface area contributed by atoms with Gasteiger partial charge in [0.25, 0.3) is 0 Å². The number of para-hydroxylation sites is 1. The Kier molecular flexibility index (Phi) is 7.27. The highest BCUT2D eigenvalue weighted by molar-refractivity contribution is 5.72. The number of hydrogen-bond acceptors (Lipinski definition) is 2. The summed E-state index contributed by atoms with van der Waals surface area (Å²) in [6.45, 7) is 5.00. The van der Waals surface area contributed by atoms with Crippen LogP contribution < -0.4 is 10.1 Å². The monoisotopic (exact) mass is 295 g/mol. The Bertz CT molecular complexity index is 563. The van der Waals surface area contributed by atoms with E-state index in [4.69, 9.17) is 4.74 Å². The van der Waals surface area contributed by atoms with Gasteiger partial charge in [-0.2, -0.15) is 0 Å². The third kappa shape index (κ3) is 5.74. The lowest BCUT2D eigenvalue weighted by Crippen LogP contribution is -2.14. The van der Waals surface area contributed by atoms with E-state index in [0.29, 0.717) is 0 Å². The summed E-state index contributed by atoms with van der Waals surface area (Å²) in [4.78, 5) is 0.